The maximum absolute atomic E-state index is 13.3. The highest BCUT2D eigenvalue weighted by Gasteiger charge is 2.53. The molecule has 8 rings (SSSR count). The molecule has 0 aromatic rings. The van der Waals surface area contributed by atoms with Crippen LogP contribution in [0.1, 0.15) is 70.6 Å². The van der Waals surface area contributed by atoms with Crippen molar-refractivity contribution in [3.05, 3.63) is 0 Å². The molecule has 1 heteroatoms. The first-order valence-corrected chi connectivity index (χ1v) is 10.8. The summed E-state index contributed by atoms with van der Waals surface area (Å²) in [6.07, 6.45) is 15.6. The minimum Gasteiger partial charge on any atom is -0.299 e. The van der Waals surface area contributed by atoms with Crippen LogP contribution in [0.2, 0.25) is 0 Å². The van der Waals surface area contributed by atoms with Crippen LogP contribution in [0, 0.1) is 59.2 Å². The van der Waals surface area contributed by atoms with Gasteiger partial charge < -0.3 is 0 Å². The highest BCUT2D eigenvalue weighted by atomic mass is 16.1. The lowest BCUT2D eigenvalue weighted by atomic mass is 9.48. The molecule has 8 bridgehead atoms. The van der Waals surface area contributed by atoms with E-state index in [9.17, 15) is 4.79 Å². The van der Waals surface area contributed by atoms with Crippen molar-refractivity contribution in [2.45, 2.75) is 70.6 Å². The van der Waals surface area contributed by atoms with E-state index >= 15 is 0 Å². The minimum atomic E-state index is 0.500. The molecule has 0 aromatic carbocycles. The van der Waals surface area contributed by atoms with E-state index in [0.717, 1.165) is 65.5 Å². The van der Waals surface area contributed by atoms with Crippen molar-refractivity contribution >= 4 is 5.78 Å². The van der Waals surface area contributed by atoms with E-state index in [0.29, 0.717) is 5.92 Å². The van der Waals surface area contributed by atoms with E-state index in [4.69, 9.17) is 0 Å². The zero-order chi connectivity index (χ0) is 15.1. The SMILES string of the molecule is O=C(CC1C2CC3CC(C2)CC1C3)C1C2CC3CC(C2)CC1C3. The molecule has 23 heavy (non-hydrogen) atoms. The van der Waals surface area contributed by atoms with Crippen molar-refractivity contribution < 1.29 is 4.79 Å². The zero-order valence-electron chi connectivity index (χ0n) is 14.5. The Hall–Kier alpha value is -0.330. The molecule has 0 atom stereocenters. The van der Waals surface area contributed by atoms with Crippen molar-refractivity contribution in [2.24, 2.45) is 59.2 Å². The summed E-state index contributed by atoms with van der Waals surface area (Å²) in [5, 5.41) is 0. The van der Waals surface area contributed by atoms with E-state index in [1.165, 1.54) is 64.2 Å². The third-order valence-electron chi connectivity index (χ3n) is 9.46. The van der Waals surface area contributed by atoms with Crippen LogP contribution in [0.3, 0.4) is 0 Å². The first kappa shape index (κ1) is 13.9. The van der Waals surface area contributed by atoms with E-state index < -0.39 is 0 Å². The van der Waals surface area contributed by atoms with Gasteiger partial charge in [0.05, 0.1) is 0 Å². The summed E-state index contributed by atoms with van der Waals surface area (Å²) in [6, 6.07) is 0. The molecule has 8 fully saturated rings. The Labute approximate surface area is 141 Å². The van der Waals surface area contributed by atoms with Crippen LogP contribution in [0.5, 0.6) is 0 Å². The van der Waals surface area contributed by atoms with Crippen LogP contribution in [-0.2, 0) is 4.79 Å². The van der Waals surface area contributed by atoms with Crippen LogP contribution >= 0.6 is 0 Å². The summed E-state index contributed by atoms with van der Waals surface area (Å²) in [7, 11) is 0. The van der Waals surface area contributed by atoms with Gasteiger partial charge in [0.15, 0.2) is 0 Å². The van der Waals surface area contributed by atoms with E-state index in [1.807, 2.05) is 0 Å². The van der Waals surface area contributed by atoms with Crippen LogP contribution in [0.25, 0.3) is 0 Å². The third-order valence-corrected chi connectivity index (χ3v) is 9.46. The predicted octanol–water partition coefficient (Wildman–Crippen LogP) is 5.09. The van der Waals surface area contributed by atoms with Gasteiger partial charge in [-0.1, -0.05) is 0 Å². The maximum atomic E-state index is 13.3. The van der Waals surface area contributed by atoms with Crippen molar-refractivity contribution in [2.75, 3.05) is 0 Å². The number of Topliss-reactive ketones (excluding diaryl/α,β-unsaturated/α-hetero) is 1. The molecular weight excluding hydrogens is 280 g/mol. The highest BCUT2D eigenvalue weighted by Crippen LogP contribution is 2.60. The number of carbonyl (C=O) groups excluding carboxylic acids is 1. The smallest absolute Gasteiger partial charge is 0.136 e. The Morgan fingerprint density at radius 1 is 0.565 bits per heavy atom. The van der Waals surface area contributed by atoms with Crippen molar-refractivity contribution in [1.82, 2.24) is 0 Å². The molecule has 8 aliphatic rings. The van der Waals surface area contributed by atoms with Gasteiger partial charge in [-0.05, 0) is 117 Å². The van der Waals surface area contributed by atoms with Crippen molar-refractivity contribution in [3.63, 3.8) is 0 Å². The first-order chi connectivity index (χ1) is 11.2. The Morgan fingerprint density at radius 2 is 0.957 bits per heavy atom. The van der Waals surface area contributed by atoms with Crippen molar-refractivity contribution in [1.29, 1.82) is 0 Å². The second-order valence-corrected chi connectivity index (χ2v) is 10.7. The molecule has 1 nitrogen and oxygen atoms in total. The molecule has 0 unspecified atom stereocenters. The molecule has 8 aliphatic carbocycles. The summed E-state index contributed by atoms with van der Waals surface area (Å²) in [6.45, 7) is 0. The number of carbonyl (C=O) groups is 1. The first-order valence-electron chi connectivity index (χ1n) is 10.8. The molecule has 0 heterocycles. The second-order valence-electron chi connectivity index (χ2n) is 10.7. The van der Waals surface area contributed by atoms with Gasteiger partial charge in [-0.15, -0.1) is 0 Å². The summed E-state index contributed by atoms with van der Waals surface area (Å²) < 4.78 is 0. The fraction of sp³-hybridized carbons (Fsp3) is 0.955. The van der Waals surface area contributed by atoms with Gasteiger partial charge in [0.2, 0.25) is 0 Å². The second kappa shape index (κ2) is 4.85. The lowest BCUT2D eigenvalue weighted by Crippen LogP contribution is -2.50. The van der Waals surface area contributed by atoms with E-state index in [2.05, 4.69) is 0 Å². The van der Waals surface area contributed by atoms with Crippen LogP contribution in [0.15, 0.2) is 0 Å². The molecular formula is C22H32O. The summed E-state index contributed by atoms with van der Waals surface area (Å²) >= 11 is 0. The Balaban J connectivity index is 1.19. The Bertz CT molecular complexity index is 464. The largest absolute Gasteiger partial charge is 0.299 e. The van der Waals surface area contributed by atoms with E-state index in [1.54, 1.807) is 0 Å². The van der Waals surface area contributed by atoms with E-state index in [-0.39, 0.29) is 0 Å². The molecule has 0 aromatic heterocycles. The highest BCUT2D eigenvalue weighted by molar-refractivity contribution is 5.82. The number of hydrogen-bond donors (Lipinski definition) is 0. The summed E-state index contributed by atoms with van der Waals surface area (Å²) in [5.41, 5.74) is 0. The Kier molecular flexibility index (Phi) is 2.93. The third kappa shape index (κ3) is 2.07. The average molecular weight is 312 g/mol. The zero-order valence-corrected chi connectivity index (χ0v) is 14.5. The molecule has 0 N–H and O–H groups in total. The van der Waals surface area contributed by atoms with Gasteiger partial charge in [-0.25, -0.2) is 0 Å². The molecule has 8 saturated carbocycles. The van der Waals surface area contributed by atoms with Crippen LogP contribution in [-0.4, -0.2) is 5.78 Å². The maximum Gasteiger partial charge on any atom is 0.136 e. The van der Waals surface area contributed by atoms with Gasteiger partial charge in [0.1, 0.15) is 5.78 Å². The normalized spacial score (nSPS) is 58.8. The molecule has 126 valence electrons. The molecule has 0 radical (unpaired) electrons. The Morgan fingerprint density at radius 3 is 1.39 bits per heavy atom. The number of rotatable bonds is 3. The van der Waals surface area contributed by atoms with Crippen LogP contribution in [0.4, 0.5) is 0 Å². The topological polar surface area (TPSA) is 17.1 Å². The minimum absolute atomic E-state index is 0.500. The standard InChI is InChI=1S/C22H32O/c23-21(22-18-7-14-2-15(9-18)10-19(22)8-14)11-20-16-3-12-1-13(5-16)6-17(20)4-12/h12-20,22H,1-11H2. The molecule has 0 saturated heterocycles. The number of hydrogen-bond acceptors (Lipinski definition) is 1. The molecule has 0 aliphatic heterocycles. The monoisotopic (exact) mass is 312 g/mol. The van der Waals surface area contributed by atoms with Gasteiger partial charge >= 0.3 is 0 Å². The summed E-state index contributed by atoms with van der Waals surface area (Å²) in [4.78, 5) is 13.3. The van der Waals surface area contributed by atoms with Gasteiger partial charge in [0.25, 0.3) is 0 Å². The van der Waals surface area contributed by atoms with Gasteiger partial charge in [-0.2, -0.15) is 0 Å². The molecule has 0 spiro atoms. The quantitative estimate of drug-likeness (QED) is 0.709. The fourth-order valence-electron chi connectivity index (χ4n) is 9.19. The number of ketones is 1. The molecule has 0 amide bonds. The lowest BCUT2D eigenvalue weighted by molar-refractivity contribution is -0.140. The van der Waals surface area contributed by atoms with Crippen LogP contribution < -0.4 is 0 Å². The van der Waals surface area contributed by atoms with Gasteiger partial charge in [0, 0.05) is 12.3 Å². The average Bonchev–Trinajstić information content (AvgIpc) is 2.49. The van der Waals surface area contributed by atoms with Gasteiger partial charge in [-0.3, -0.25) is 4.79 Å². The predicted molar refractivity (Wildman–Crippen MR) is 90.7 cm³/mol. The fourth-order valence-corrected chi connectivity index (χ4v) is 9.19. The van der Waals surface area contributed by atoms with Crippen molar-refractivity contribution in [3.8, 4) is 0 Å². The summed E-state index contributed by atoms with van der Waals surface area (Å²) in [5.74, 6) is 9.61. The lowest BCUT2D eigenvalue weighted by Gasteiger charge is -2.56.